The topological polar surface area (TPSA) is 29.9 Å². The van der Waals surface area contributed by atoms with Crippen molar-refractivity contribution in [2.75, 3.05) is 11.9 Å². The van der Waals surface area contributed by atoms with Crippen molar-refractivity contribution in [2.24, 2.45) is 0 Å². The molecular weight excluding hydrogens is 186 g/mol. The number of anilines is 1. The van der Waals surface area contributed by atoms with Gasteiger partial charge >= 0.3 is 0 Å². The molecule has 0 aromatic carbocycles. The summed E-state index contributed by atoms with van der Waals surface area (Å²) in [7, 11) is 0. The molecule has 0 fully saturated rings. The number of hydrogen-bond donors (Lipinski definition) is 1. The van der Waals surface area contributed by atoms with Crippen LogP contribution in [0.1, 0.15) is 52.5 Å². The fourth-order valence-electron chi connectivity index (χ4n) is 1.46. The Bertz CT molecular complexity index is 268. The molecule has 0 aliphatic carbocycles. The maximum absolute atomic E-state index is 4.48. The van der Waals surface area contributed by atoms with Crippen molar-refractivity contribution in [3.8, 4) is 0 Å². The molecular formula is C12H23N3. The van der Waals surface area contributed by atoms with Crippen molar-refractivity contribution in [1.29, 1.82) is 0 Å². The van der Waals surface area contributed by atoms with Gasteiger partial charge in [0.1, 0.15) is 5.82 Å². The number of rotatable bonds is 7. The van der Waals surface area contributed by atoms with Gasteiger partial charge in [-0.3, -0.25) is 4.68 Å². The zero-order valence-electron chi connectivity index (χ0n) is 10.2. The van der Waals surface area contributed by atoms with Crippen LogP contribution < -0.4 is 5.32 Å². The molecule has 15 heavy (non-hydrogen) atoms. The molecule has 3 nitrogen and oxygen atoms in total. The average molecular weight is 209 g/mol. The van der Waals surface area contributed by atoms with Crippen molar-refractivity contribution in [3.05, 3.63) is 12.3 Å². The molecule has 0 saturated heterocycles. The van der Waals surface area contributed by atoms with Crippen molar-refractivity contribution >= 4 is 5.82 Å². The van der Waals surface area contributed by atoms with E-state index in [9.17, 15) is 0 Å². The molecule has 1 rings (SSSR count). The normalized spacial score (nSPS) is 12.7. The van der Waals surface area contributed by atoms with Crippen molar-refractivity contribution in [1.82, 2.24) is 9.78 Å². The molecule has 1 atom stereocenters. The fraction of sp³-hybridized carbons (Fsp3) is 0.750. The minimum atomic E-state index is 0.496. The summed E-state index contributed by atoms with van der Waals surface area (Å²) in [6.45, 7) is 7.62. The zero-order chi connectivity index (χ0) is 11.1. The highest BCUT2D eigenvalue weighted by Gasteiger charge is 2.03. The maximum atomic E-state index is 4.48. The van der Waals surface area contributed by atoms with E-state index in [4.69, 9.17) is 0 Å². The third-order valence-electron chi connectivity index (χ3n) is 2.74. The van der Waals surface area contributed by atoms with Gasteiger partial charge in [0.05, 0.1) is 0 Å². The molecule has 1 N–H and O–H groups in total. The second kappa shape index (κ2) is 6.49. The summed E-state index contributed by atoms with van der Waals surface area (Å²) in [4.78, 5) is 0. The number of aromatic nitrogens is 2. The highest BCUT2D eigenvalue weighted by atomic mass is 15.3. The molecule has 0 unspecified atom stereocenters. The Labute approximate surface area is 92.9 Å². The molecule has 1 aromatic heterocycles. The lowest BCUT2D eigenvalue weighted by Gasteiger charge is -2.08. The second-order valence-corrected chi connectivity index (χ2v) is 4.07. The van der Waals surface area contributed by atoms with Gasteiger partial charge in [0.2, 0.25) is 0 Å². The van der Waals surface area contributed by atoms with Crippen molar-refractivity contribution in [2.45, 2.75) is 52.5 Å². The Morgan fingerprint density at radius 3 is 2.87 bits per heavy atom. The van der Waals surface area contributed by atoms with Gasteiger partial charge < -0.3 is 5.32 Å². The van der Waals surface area contributed by atoms with E-state index in [2.05, 4.69) is 43.4 Å². The third kappa shape index (κ3) is 3.94. The molecule has 3 heteroatoms. The van der Waals surface area contributed by atoms with Crippen LogP contribution in [-0.4, -0.2) is 16.3 Å². The number of nitrogens with zero attached hydrogens (tertiary/aromatic N) is 2. The van der Waals surface area contributed by atoms with E-state index < -0.39 is 0 Å². The van der Waals surface area contributed by atoms with Crippen molar-refractivity contribution in [3.63, 3.8) is 0 Å². The second-order valence-electron chi connectivity index (χ2n) is 4.07. The summed E-state index contributed by atoms with van der Waals surface area (Å²) >= 11 is 0. The van der Waals surface area contributed by atoms with Crippen LogP contribution in [0.3, 0.4) is 0 Å². The number of unbranched alkanes of at least 4 members (excludes halogenated alkanes) is 2. The van der Waals surface area contributed by atoms with Gasteiger partial charge in [0.15, 0.2) is 0 Å². The summed E-state index contributed by atoms with van der Waals surface area (Å²) in [5.74, 6) is 1.01. The third-order valence-corrected chi connectivity index (χ3v) is 2.74. The van der Waals surface area contributed by atoms with Gasteiger partial charge in [-0.25, -0.2) is 0 Å². The first-order valence-electron chi connectivity index (χ1n) is 6.07. The Hall–Kier alpha value is -0.990. The predicted molar refractivity (Wildman–Crippen MR) is 65.2 cm³/mol. The van der Waals surface area contributed by atoms with E-state index >= 15 is 0 Å². The lowest BCUT2D eigenvalue weighted by molar-refractivity contribution is 0.479. The van der Waals surface area contributed by atoms with E-state index in [1.807, 2.05) is 4.68 Å². The summed E-state index contributed by atoms with van der Waals surface area (Å²) < 4.78 is 2.03. The van der Waals surface area contributed by atoms with Gasteiger partial charge in [-0.2, -0.15) is 5.10 Å². The van der Waals surface area contributed by atoms with E-state index in [-0.39, 0.29) is 0 Å². The highest BCUT2D eigenvalue weighted by molar-refractivity contribution is 5.31. The first-order chi connectivity index (χ1) is 7.27. The lowest BCUT2D eigenvalue weighted by atomic mass is 10.2. The van der Waals surface area contributed by atoms with Crippen LogP contribution in [0.5, 0.6) is 0 Å². The monoisotopic (exact) mass is 209 g/mol. The molecule has 0 radical (unpaired) electrons. The standard InChI is InChI=1S/C12H23N3/c1-4-6-7-9-13-12-8-10-15(14-12)11(3)5-2/h8,10-11H,4-7,9H2,1-3H3,(H,13,14)/t11-/m0/s1. The lowest BCUT2D eigenvalue weighted by Crippen LogP contribution is -2.06. The molecule has 86 valence electrons. The summed E-state index contributed by atoms with van der Waals surface area (Å²) in [5, 5.41) is 7.83. The van der Waals surface area contributed by atoms with Gasteiger partial charge in [-0.15, -0.1) is 0 Å². The van der Waals surface area contributed by atoms with Crippen LogP contribution in [0, 0.1) is 0 Å². The van der Waals surface area contributed by atoms with Crippen LogP contribution in [0.15, 0.2) is 12.3 Å². The molecule has 0 spiro atoms. The van der Waals surface area contributed by atoms with E-state index in [1.165, 1.54) is 19.3 Å². The smallest absolute Gasteiger partial charge is 0.147 e. The Morgan fingerprint density at radius 2 is 2.20 bits per heavy atom. The maximum Gasteiger partial charge on any atom is 0.147 e. The fourth-order valence-corrected chi connectivity index (χ4v) is 1.46. The summed E-state index contributed by atoms with van der Waals surface area (Å²) in [6, 6.07) is 2.55. The van der Waals surface area contributed by atoms with Gasteiger partial charge in [-0.1, -0.05) is 26.7 Å². The van der Waals surface area contributed by atoms with E-state index in [0.717, 1.165) is 18.8 Å². The minimum Gasteiger partial charge on any atom is -0.369 e. The van der Waals surface area contributed by atoms with Gasteiger partial charge in [-0.05, 0) is 19.8 Å². The molecule has 0 aliphatic rings. The highest BCUT2D eigenvalue weighted by Crippen LogP contribution is 2.11. The average Bonchev–Trinajstić information content (AvgIpc) is 2.72. The van der Waals surface area contributed by atoms with Crippen LogP contribution in [0.4, 0.5) is 5.82 Å². The van der Waals surface area contributed by atoms with Crippen LogP contribution in [0.25, 0.3) is 0 Å². The largest absolute Gasteiger partial charge is 0.369 e. The number of nitrogens with one attached hydrogen (secondary N) is 1. The Kier molecular flexibility index (Phi) is 5.22. The van der Waals surface area contributed by atoms with Crippen molar-refractivity contribution < 1.29 is 0 Å². The van der Waals surface area contributed by atoms with E-state index in [0.29, 0.717) is 6.04 Å². The Morgan fingerprint density at radius 1 is 1.40 bits per heavy atom. The van der Waals surface area contributed by atoms with Crippen LogP contribution >= 0.6 is 0 Å². The quantitative estimate of drug-likeness (QED) is 0.697. The summed E-state index contributed by atoms with van der Waals surface area (Å²) in [5.41, 5.74) is 0. The zero-order valence-corrected chi connectivity index (χ0v) is 10.2. The molecule has 1 aromatic rings. The van der Waals surface area contributed by atoms with Gasteiger partial charge in [0.25, 0.3) is 0 Å². The number of hydrogen-bond acceptors (Lipinski definition) is 2. The predicted octanol–water partition coefficient (Wildman–Crippen LogP) is 3.46. The molecule has 1 heterocycles. The van der Waals surface area contributed by atoms with Crippen LogP contribution in [-0.2, 0) is 0 Å². The first kappa shape index (κ1) is 12.1. The first-order valence-corrected chi connectivity index (χ1v) is 6.07. The van der Waals surface area contributed by atoms with E-state index in [1.54, 1.807) is 0 Å². The summed E-state index contributed by atoms with van der Waals surface area (Å²) in [6.07, 6.45) is 6.96. The SMILES string of the molecule is CCCCCNc1ccn([C@@H](C)CC)n1. The molecule has 0 bridgehead atoms. The Balaban J connectivity index is 2.33. The molecule has 0 aliphatic heterocycles. The molecule has 0 amide bonds. The van der Waals surface area contributed by atoms with Crippen LogP contribution in [0.2, 0.25) is 0 Å². The minimum absolute atomic E-state index is 0.496. The molecule has 0 saturated carbocycles. The van der Waals surface area contributed by atoms with Gasteiger partial charge in [0, 0.05) is 24.8 Å².